The highest BCUT2D eigenvalue weighted by atomic mass is 16.5. The van der Waals surface area contributed by atoms with Gasteiger partial charge in [0.2, 0.25) is 0 Å². The molecule has 6 heteroatoms. The zero-order valence-corrected chi connectivity index (χ0v) is 13.4. The van der Waals surface area contributed by atoms with Crippen LogP contribution in [0, 0.1) is 5.41 Å². The third-order valence-corrected chi connectivity index (χ3v) is 3.43. The van der Waals surface area contributed by atoms with Crippen LogP contribution in [0.4, 0.5) is 4.79 Å². The topological polar surface area (TPSA) is 100 Å². The normalized spacial score (nSPS) is 13.9. The first-order valence-electron chi connectivity index (χ1n) is 8.03. The first-order chi connectivity index (χ1) is 10.7. The molecule has 0 aromatic rings. The van der Waals surface area contributed by atoms with Gasteiger partial charge in [0.25, 0.3) is 0 Å². The Balaban J connectivity index is 2.28. The van der Waals surface area contributed by atoms with E-state index in [0.717, 1.165) is 56.3 Å². The van der Waals surface area contributed by atoms with E-state index in [2.05, 4.69) is 17.6 Å². The van der Waals surface area contributed by atoms with Gasteiger partial charge in [0.15, 0.2) is 0 Å². The third kappa shape index (κ3) is 7.26. The Kier molecular flexibility index (Phi) is 8.98. The van der Waals surface area contributed by atoms with Crippen LogP contribution in [0.5, 0.6) is 0 Å². The molecule has 0 saturated carbocycles. The number of amidine groups is 1. The van der Waals surface area contributed by atoms with Crippen molar-refractivity contribution in [1.29, 1.82) is 5.41 Å². The van der Waals surface area contributed by atoms with Gasteiger partial charge < -0.3 is 15.8 Å². The predicted molar refractivity (Wildman–Crippen MR) is 88.8 cm³/mol. The van der Waals surface area contributed by atoms with Crippen LogP contribution in [0.3, 0.4) is 0 Å². The van der Waals surface area contributed by atoms with Crippen molar-refractivity contribution in [3.8, 4) is 0 Å². The summed E-state index contributed by atoms with van der Waals surface area (Å²) in [4.78, 5) is 11.6. The van der Waals surface area contributed by atoms with Crippen molar-refractivity contribution in [1.82, 2.24) is 10.6 Å². The minimum absolute atomic E-state index is 0.118. The van der Waals surface area contributed by atoms with Crippen LogP contribution in [0.2, 0.25) is 0 Å². The summed E-state index contributed by atoms with van der Waals surface area (Å²) in [6.45, 7) is 3.88. The molecule has 124 valence electrons. The van der Waals surface area contributed by atoms with E-state index in [-0.39, 0.29) is 5.84 Å². The Morgan fingerprint density at radius 3 is 2.77 bits per heavy atom. The minimum Gasteiger partial charge on any atom is -0.449 e. The molecule has 1 aliphatic carbocycles. The molecule has 22 heavy (non-hydrogen) atoms. The Bertz CT molecular complexity index is 430. The van der Waals surface area contributed by atoms with Gasteiger partial charge in [-0.15, -0.1) is 0 Å². The second-order valence-electron chi connectivity index (χ2n) is 5.30. The van der Waals surface area contributed by atoms with Gasteiger partial charge in [0.05, 0.1) is 6.61 Å². The molecule has 1 aliphatic rings. The molecule has 0 spiro atoms. The second-order valence-corrected chi connectivity index (χ2v) is 5.30. The number of amides is 1. The van der Waals surface area contributed by atoms with Crippen molar-refractivity contribution in [3.05, 3.63) is 23.4 Å². The quantitative estimate of drug-likeness (QED) is 0.298. The van der Waals surface area contributed by atoms with E-state index in [4.69, 9.17) is 15.9 Å². The molecule has 0 atom stereocenters. The second kappa shape index (κ2) is 10.8. The third-order valence-electron chi connectivity index (χ3n) is 3.43. The van der Waals surface area contributed by atoms with E-state index in [0.29, 0.717) is 13.2 Å². The molecular formula is C16H28N4O2. The summed E-state index contributed by atoms with van der Waals surface area (Å²) in [5.74, 6) is 0.118. The Morgan fingerprint density at radius 1 is 1.32 bits per heavy atom. The highest BCUT2D eigenvalue weighted by Crippen LogP contribution is 2.16. The molecule has 0 unspecified atom stereocenters. The van der Waals surface area contributed by atoms with Crippen LogP contribution < -0.4 is 16.4 Å². The van der Waals surface area contributed by atoms with Crippen molar-refractivity contribution < 1.29 is 9.53 Å². The number of allylic oxidation sites excluding steroid dienone is 3. The molecular weight excluding hydrogens is 280 g/mol. The summed E-state index contributed by atoms with van der Waals surface area (Å²) in [6.07, 6.45) is 9.03. The maximum absolute atomic E-state index is 11.6. The molecule has 0 aliphatic heterocycles. The average molecular weight is 308 g/mol. The maximum Gasteiger partial charge on any atom is 0.412 e. The molecule has 0 bridgehead atoms. The Labute approximate surface area is 132 Å². The van der Waals surface area contributed by atoms with Gasteiger partial charge in [0.1, 0.15) is 5.84 Å². The van der Waals surface area contributed by atoms with E-state index in [1.54, 1.807) is 0 Å². The summed E-state index contributed by atoms with van der Waals surface area (Å²) < 4.78 is 5.06. The van der Waals surface area contributed by atoms with E-state index >= 15 is 0 Å². The van der Waals surface area contributed by atoms with Gasteiger partial charge in [-0.05, 0) is 30.9 Å². The van der Waals surface area contributed by atoms with Gasteiger partial charge in [-0.2, -0.15) is 0 Å². The Hall–Kier alpha value is -1.82. The summed E-state index contributed by atoms with van der Waals surface area (Å²) in [5.41, 5.74) is 7.36. The fourth-order valence-corrected chi connectivity index (χ4v) is 2.14. The highest BCUT2D eigenvalue weighted by Gasteiger charge is 2.13. The zero-order chi connectivity index (χ0) is 16.2. The first kappa shape index (κ1) is 18.2. The average Bonchev–Trinajstić information content (AvgIpc) is 2.53. The van der Waals surface area contributed by atoms with Gasteiger partial charge in [0, 0.05) is 18.8 Å². The van der Waals surface area contributed by atoms with Gasteiger partial charge in [-0.1, -0.05) is 32.3 Å². The lowest BCUT2D eigenvalue weighted by Crippen LogP contribution is -2.32. The summed E-state index contributed by atoms with van der Waals surface area (Å²) in [5, 5.41) is 13.6. The Morgan fingerprint density at radius 2 is 2.14 bits per heavy atom. The smallest absolute Gasteiger partial charge is 0.412 e. The van der Waals surface area contributed by atoms with Crippen LogP contribution in [0.15, 0.2) is 23.4 Å². The van der Waals surface area contributed by atoms with E-state index in [1.165, 1.54) is 0 Å². The van der Waals surface area contributed by atoms with Crippen molar-refractivity contribution in [3.63, 3.8) is 0 Å². The van der Waals surface area contributed by atoms with Crippen molar-refractivity contribution in [2.45, 2.75) is 45.4 Å². The number of alkyl carbamates (subject to hydrolysis) is 1. The molecule has 6 nitrogen and oxygen atoms in total. The number of nitrogens with one attached hydrogen (secondary N) is 3. The zero-order valence-electron chi connectivity index (χ0n) is 13.4. The summed E-state index contributed by atoms with van der Waals surface area (Å²) in [7, 11) is 0. The van der Waals surface area contributed by atoms with E-state index in [1.807, 2.05) is 12.2 Å². The largest absolute Gasteiger partial charge is 0.449 e. The lowest BCUT2D eigenvalue weighted by molar-refractivity contribution is 0.149. The number of carbonyl (C=O) groups excluding carboxylic acids is 1. The molecule has 1 rings (SSSR count). The molecule has 0 radical (unpaired) electrons. The SMILES string of the molecule is CCCCCCOC(=O)NC(=N)C1=CC=C(NCCN)CC1. The summed E-state index contributed by atoms with van der Waals surface area (Å²) in [6, 6.07) is 0. The number of hydrogen-bond donors (Lipinski definition) is 4. The predicted octanol–water partition coefficient (Wildman–Crippen LogP) is 2.42. The molecule has 0 aromatic heterocycles. The number of carbonyl (C=O) groups is 1. The molecule has 0 saturated heterocycles. The first-order valence-corrected chi connectivity index (χ1v) is 8.03. The van der Waals surface area contributed by atoms with Crippen molar-refractivity contribution in [2.75, 3.05) is 19.7 Å². The fourth-order valence-electron chi connectivity index (χ4n) is 2.14. The minimum atomic E-state index is -0.543. The standard InChI is InChI=1S/C16H28N4O2/c1-2-3-4-5-12-22-16(21)20-15(18)13-6-8-14(9-7-13)19-11-10-17/h6,8,19H,2-5,7,9-12,17H2,1H3,(H2,18,20,21). The van der Waals surface area contributed by atoms with Gasteiger partial charge in [-0.25, -0.2) is 4.79 Å². The van der Waals surface area contributed by atoms with Crippen LogP contribution >= 0.6 is 0 Å². The van der Waals surface area contributed by atoms with Crippen LogP contribution in [0.1, 0.15) is 45.4 Å². The van der Waals surface area contributed by atoms with Crippen LogP contribution in [0.25, 0.3) is 0 Å². The maximum atomic E-state index is 11.6. The lowest BCUT2D eigenvalue weighted by atomic mass is 10.0. The van der Waals surface area contributed by atoms with E-state index in [9.17, 15) is 4.79 Å². The molecule has 0 fully saturated rings. The monoisotopic (exact) mass is 308 g/mol. The van der Waals surface area contributed by atoms with Crippen molar-refractivity contribution >= 4 is 11.9 Å². The highest BCUT2D eigenvalue weighted by molar-refractivity contribution is 6.04. The number of rotatable bonds is 9. The summed E-state index contributed by atoms with van der Waals surface area (Å²) >= 11 is 0. The fraction of sp³-hybridized carbons (Fsp3) is 0.625. The molecule has 5 N–H and O–H groups in total. The van der Waals surface area contributed by atoms with Gasteiger partial charge >= 0.3 is 6.09 Å². The number of ether oxygens (including phenoxy) is 1. The van der Waals surface area contributed by atoms with E-state index < -0.39 is 6.09 Å². The van der Waals surface area contributed by atoms with Crippen molar-refractivity contribution in [2.24, 2.45) is 5.73 Å². The number of hydrogen-bond acceptors (Lipinski definition) is 5. The molecule has 0 heterocycles. The lowest BCUT2D eigenvalue weighted by Gasteiger charge is -2.17. The van der Waals surface area contributed by atoms with Gasteiger partial charge in [-0.3, -0.25) is 10.7 Å². The van der Waals surface area contributed by atoms with Crippen LogP contribution in [-0.4, -0.2) is 31.6 Å². The number of nitrogens with two attached hydrogens (primary N) is 1. The van der Waals surface area contributed by atoms with Crippen LogP contribution in [-0.2, 0) is 4.74 Å². The number of unbranched alkanes of at least 4 members (excludes halogenated alkanes) is 3. The molecule has 0 aromatic carbocycles. The molecule has 1 amide bonds.